The molecule has 1 aromatic carbocycles. The van der Waals surface area contributed by atoms with Crippen LogP contribution in [0.15, 0.2) is 26.5 Å². The van der Waals surface area contributed by atoms with Gasteiger partial charge in [-0.25, -0.2) is 4.39 Å². The number of rotatable bonds is 2. The number of hydrogen-bond acceptors (Lipinski definition) is 2. The fraction of sp³-hybridized carbons (Fsp3) is 0.333. The monoisotopic (exact) mass is 417 g/mol. The van der Waals surface area contributed by atoms with E-state index in [1.54, 1.807) is 6.07 Å². The highest BCUT2D eigenvalue weighted by atomic mass is 79.9. The Hall–Kier alpha value is -0.390. The summed E-state index contributed by atoms with van der Waals surface area (Å²) in [6.45, 7) is 1.94. The summed E-state index contributed by atoms with van der Waals surface area (Å²) in [5.41, 5.74) is 3.32. The predicted molar refractivity (Wildman–Crippen MR) is 90.2 cm³/mol. The Kier molecular flexibility index (Phi) is 4.20. The third kappa shape index (κ3) is 2.81. The lowest BCUT2D eigenvalue weighted by Gasteiger charge is -2.25. The molecule has 1 aliphatic rings. The van der Waals surface area contributed by atoms with Gasteiger partial charge in [0.15, 0.2) is 0 Å². The lowest BCUT2D eigenvalue weighted by molar-refractivity contribution is 0.605. The Morgan fingerprint density at radius 1 is 1.30 bits per heavy atom. The van der Waals surface area contributed by atoms with Crippen LogP contribution in [0, 0.1) is 12.7 Å². The third-order valence-corrected chi connectivity index (χ3v) is 6.00. The Labute approximate surface area is 138 Å². The Morgan fingerprint density at radius 2 is 2.10 bits per heavy atom. The lowest BCUT2D eigenvalue weighted by atomic mass is 9.93. The second-order valence-electron chi connectivity index (χ2n) is 5.10. The second-order valence-corrected chi connectivity index (χ2v) is 8.47. The maximum atomic E-state index is 13.5. The van der Waals surface area contributed by atoms with Gasteiger partial charge in [0.1, 0.15) is 5.82 Å². The van der Waals surface area contributed by atoms with Gasteiger partial charge in [-0.15, -0.1) is 11.3 Å². The number of benzene rings is 1. The van der Waals surface area contributed by atoms with Gasteiger partial charge in [-0.2, -0.15) is 0 Å². The Morgan fingerprint density at radius 3 is 2.90 bits per heavy atom. The molecule has 20 heavy (non-hydrogen) atoms. The summed E-state index contributed by atoms with van der Waals surface area (Å²) in [5, 5.41) is 3.58. The largest absolute Gasteiger partial charge is 0.378 e. The van der Waals surface area contributed by atoms with Gasteiger partial charge in [0.25, 0.3) is 0 Å². The molecular weight excluding hydrogens is 405 g/mol. The minimum atomic E-state index is -0.212. The van der Waals surface area contributed by atoms with Crippen molar-refractivity contribution < 1.29 is 4.39 Å². The van der Waals surface area contributed by atoms with Crippen LogP contribution >= 0.6 is 43.2 Å². The van der Waals surface area contributed by atoms with Gasteiger partial charge in [0, 0.05) is 10.6 Å². The average molecular weight is 419 g/mol. The number of nitrogens with one attached hydrogen (secondary N) is 1. The van der Waals surface area contributed by atoms with E-state index in [4.69, 9.17) is 0 Å². The number of halogens is 3. The molecule has 3 rings (SSSR count). The van der Waals surface area contributed by atoms with Crippen molar-refractivity contribution in [1.29, 1.82) is 0 Å². The lowest BCUT2D eigenvalue weighted by Crippen LogP contribution is -2.16. The standard InChI is InChI=1S/C15H14Br2FNS/c1-8-5-11(18)10(16)7-13(8)19-12-3-2-4-14-9(12)6-15(17)20-14/h5-7,12,19H,2-4H2,1H3. The molecular formula is C15H14Br2FNS. The molecule has 0 saturated heterocycles. The molecule has 0 amide bonds. The minimum Gasteiger partial charge on any atom is -0.378 e. The van der Waals surface area contributed by atoms with E-state index in [0.717, 1.165) is 24.1 Å². The van der Waals surface area contributed by atoms with Crippen molar-refractivity contribution in [2.45, 2.75) is 32.2 Å². The maximum Gasteiger partial charge on any atom is 0.137 e. The summed E-state index contributed by atoms with van der Waals surface area (Å²) in [6, 6.07) is 5.93. The van der Waals surface area contributed by atoms with E-state index < -0.39 is 0 Å². The van der Waals surface area contributed by atoms with Gasteiger partial charge in [-0.05, 0) is 87.4 Å². The van der Waals surface area contributed by atoms with Crippen LogP contribution in [0.4, 0.5) is 10.1 Å². The van der Waals surface area contributed by atoms with E-state index in [9.17, 15) is 4.39 Å². The summed E-state index contributed by atoms with van der Waals surface area (Å²) < 4.78 is 15.2. The van der Waals surface area contributed by atoms with Crippen molar-refractivity contribution in [1.82, 2.24) is 0 Å². The van der Waals surface area contributed by atoms with Crippen molar-refractivity contribution in [2.24, 2.45) is 0 Å². The first kappa shape index (κ1) is 14.5. The van der Waals surface area contributed by atoms with E-state index in [-0.39, 0.29) is 5.82 Å². The predicted octanol–water partition coefficient (Wildman–Crippen LogP) is 6.21. The fourth-order valence-electron chi connectivity index (χ4n) is 2.66. The highest BCUT2D eigenvalue weighted by molar-refractivity contribution is 9.11. The van der Waals surface area contributed by atoms with Crippen LogP contribution in [0.5, 0.6) is 0 Å². The molecule has 106 valence electrons. The van der Waals surface area contributed by atoms with Gasteiger partial charge in [-0.1, -0.05) is 0 Å². The zero-order chi connectivity index (χ0) is 14.3. The van der Waals surface area contributed by atoms with E-state index in [1.165, 1.54) is 20.6 Å². The van der Waals surface area contributed by atoms with Crippen LogP contribution in [0.25, 0.3) is 0 Å². The zero-order valence-electron chi connectivity index (χ0n) is 11.0. The Balaban J connectivity index is 1.91. The maximum absolute atomic E-state index is 13.5. The molecule has 2 aromatic rings. The van der Waals surface area contributed by atoms with E-state index in [1.807, 2.05) is 24.3 Å². The molecule has 1 aliphatic carbocycles. The molecule has 5 heteroatoms. The fourth-order valence-corrected chi connectivity index (χ4v) is 4.82. The quantitative estimate of drug-likeness (QED) is 0.611. The zero-order valence-corrected chi connectivity index (χ0v) is 15.0. The molecule has 0 spiro atoms. The van der Waals surface area contributed by atoms with Crippen LogP contribution in [-0.4, -0.2) is 0 Å². The van der Waals surface area contributed by atoms with Gasteiger partial charge >= 0.3 is 0 Å². The van der Waals surface area contributed by atoms with Gasteiger partial charge in [0.2, 0.25) is 0 Å². The van der Waals surface area contributed by atoms with Crippen LogP contribution in [0.1, 0.15) is 34.9 Å². The summed E-state index contributed by atoms with van der Waals surface area (Å²) in [6.07, 6.45) is 3.47. The summed E-state index contributed by atoms with van der Waals surface area (Å²) in [7, 11) is 0. The van der Waals surface area contributed by atoms with Crippen LogP contribution in [0.2, 0.25) is 0 Å². The summed E-state index contributed by atoms with van der Waals surface area (Å²) in [5.74, 6) is -0.212. The molecule has 1 N–H and O–H groups in total. The molecule has 1 atom stereocenters. The van der Waals surface area contributed by atoms with E-state index in [0.29, 0.717) is 10.5 Å². The number of anilines is 1. The first-order valence-electron chi connectivity index (χ1n) is 6.55. The third-order valence-electron chi connectivity index (χ3n) is 3.68. The van der Waals surface area contributed by atoms with Crippen LogP contribution in [0.3, 0.4) is 0 Å². The van der Waals surface area contributed by atoms with Crippen molar-refractivity contribution in [2.75, 3.05) is 5.32 Å². The first-order chi connectivity index (χ1) is 9.54. The number of thiophene rings is 1. The van der Waals surface area contributed by atoms with Crippen LogP contribution in [-0.2, 0) is 6.42 Å². The van der Waals surface area contributed by atoms with Gasteiger partial charge < -0.3 is 5.32 Å². The van der Waals surface area contributed by atoms with Crippen molar-refractivity contribution in [3.63, 3.8) is 0 Å². The van der Waals surface area contributed by atoms with Crippen molar-refractivity contribution >= 4 is 48.9 Å². The molecule has 1 aromatic heterocycles. The van der Waals surface area contributed by atoms with E-state index in [2.05, 4.69) is 43.2 Å². The number of fused-ring (bicyclic) bond motifs is 1. The highest BCUT2D eigenvalue weighted by Gasteiger charge is 2.23. The summed E-state index contributed by atoms with van der Waals surface area (Å²) >= 11 is 8.66. The normalized spacial score (nSPS) is 17.9. The molecule has 0 bridgehead atoms. The number of aryl methyl sites for hydroxylation is 2. The summed E-state index contributed by atoms with van der Waals surface area (Å²) in [4.78, 5) is 1.46. The second kappa shape index (κ2) is 5.78. The molecule has 0 aliphatic heterocycles. The van der Waals surface area contributed by atoms with Gasteiger partial charge in [-0.3, -0.25) is 0 Å². The minimum absolute atomic E-state index is 0.212. The van der Waals surface area contributed by atoms with E-state index >= 15 is 0 Å². The first-order valence-corrected chi connectivity index (χ1v) is 8.95. The highest BCUT2D eigenvalue weighted by Crippen LogP contribution is 2.40. The molecule has 1 unspecified atom stereocenters. The average Bonchev–Trinajstić information content (AvgIpc) is 2.77. The molecule has 0 fully saturated rings. The van der Waals surface area contributed by atoms with Crippen molar-refractivity contribution in [3.05, 3.63) is 48.3 Å². The number of hydrogen-bond donors (Lipinski definition) is 1. The Bertz CT molecular complexity index is 654. The topological polar surface area (TPSA) is 12.0 Å². The smallest absolute Gasteiger partial charge is 0.137 e. The molecule has 1 nitrogen and oxygen atoms in total. The van der Waals surface area contributed by atoms with Gasteiger partial charge in [0.05, 0.1) is 14.3 Å². The molecule has 1 heterocycles. The molecule has 0 saturated carbocycles. The SMILES string of the molecule is Cc1cc(F)c(Br)cc1NC1CCCc2sc(Br)cc21. The molecule has 0 radical (unpaired) electrons. The van der Waals surface area contributed by atoms with Crippen molar-refractivity contribution in [3.8, 4) is 0 Å². The van der Waals surface area contributed by atoms with Crippen LogP contribution < -0.4 is 5.32 Å².